The third kappa shape index (κ3) is 1.63. The third-order valence-corrected chi connectivity index (χ3v) is 2.11. The number of nitrogens with zero attached hydrogens (tertiary/aromatic N) is 2. The van der Waals surface area contributed by atoms with Gasteiger partial charge in [-0.05, 0) is 13.3 Å². The molecule has 0 aromatic carbocycles. The molecule has 0 fully saturated rings. The number of aromatic nitrogens is 2. The highest BCUT2D eigenvalue weighted by Gasteiger charge is 2.14. The monoisotopic (exact) mass is 182 g/mol. The summed E-state index contributed by atoms with van der Waals surface area (Å²) < 4.78 is 1.61. The summed E-state index contributed by atoms with van der Waals surface area (Å²) in [6.07, 6.45) is 2.31. The summed E-state index contributed by atoms with van der Waals surface area (Å²) in [4.78, 5) is 10.8. The lowest BCUT2D eigenvalue weighted by Gasteiger charge is -2.10. The molecular formula is C8H14N4O. The van der Waals surface area contributed by atoms with E-state index < -0.39 is 5.91 Å². The minimum Gasteiger partial charge on any atom is -0.383 e. The van der Waals surface area contributed by atoms with Crippen LogP contribution in [0.25, 0.3) is 0 Å². The largest absolute Gasteiger partial charge is 0.383 e. The van der Waals surface area contributed by atoms with Crippen LogP contribution in [0, 0.1) is 0 Å². The molecule has 13 heavy (non-hydrogen) atoms. The normalized spacial score (nSPS) is 12.8. The van der Waals surface area contributed by atoms with Crippen molar-refractivity contribution < 1.29 is 4.79 Å². The van der Waals surface area contributed by atoms with Crippen LogP contribution in [0.3, 0.4) is 0 Å². The molecular weight excluding hydrogens is 168 g/mol. The topological polar surface area (TPSA) is 86.9 Å². The van der Waals surface area contributed by atoms with E-state index in [9.17, 15) is 4.79 Å². The summed E-state index contributed by atoms with van der Waals surface area (Å²) in [7, 11) is 0. The number of anilines is 1. The second kappa shape index (κ2) is 3.47. The van der Waals surface area contributed by atoms with Crippen molar-refractivity contribution in [3.63, 3.8) is 0 Å². The fourth-order valence-corrected chi connectivity index (χ4v) is 1.09. The molecule has 1 amide bonds. The molecule has 1 atom stereocenters. The molecule has 1 aromatic heterocycles. The number of primary amides is 1. The lowest BCUT2D eigenvalue weighted by atomic mass is 10.2. The first-order valence-electron chi connectivity index (χ1n) is 4.20. The van der Waals surface area contributed by atoms with Crippen LogP contribution in [-0.4, -0.2) is 15.7 Å². The van der Waals surface area contributed by atoms with Crippen LogP contribution in [0.15, 0.2) is 6.20 Å². The highest BCUT2D eigenvalue weighted by Crippen LogP contribution is 2.17. The number of nitrogens with two attached hydrogens (primary N) is 2. The SMILES string of the molecule is CCC(C)n1ncc(C(N)=O)c1N. The smallest absolute Gasteiger partial charge is 0.254 e. The van der Waals surface area contributed by atoms with Crippen LogP contribution in [0.1, 0.15) is 36.7 Å². The molecule has 4 N–H and O–H groups in total. The van der Waals surface area contributed by atoms with Gasteiger partial charge in [-0.2, -0.15) is 5.10 Å². The van der Waals surface area contributed by atoms with Gasteiger partial charge in [-0.3, -0.25) is 4.79 Å². The van der Waals surface area contributed by atoms with Crippen molar-refractivity contribution >= 4 is 11.7 Å². The Kier molecular flexibility index (Phi) is 2.55. The molecule has 1 heterocycles. The Morgan fingerprint density at radius 1 is 1.77 bits per heavy atom. The predicted molar refractivity (Wildman–Crippen MR) is 50.2 cm³/mol. The van der Waals surface area contributed by atoms with Crippen LogP contribution in [0.4, 0.5) is 5.82 Å². The van der Waals surface area contributed by atoms with Crippen LogP contribution in [-0.2, 0) is 0 Å². The second-order valence-corrected chi connectivity index (χ2v) is 3.01. The van der Waals surface area contributed by atoms with E-state index in [0.29, 0.717) is 11.4 Å². The number of hydrogen-bond donors (Lipinski definition) is 2. The maximum atomic E-state index is 10.8. The number of carbonyl (C=O) groups is 1. The molecule has 72 valence electrons. The number of amides is 1. The minimum absolute atomic E-state index is 0.188. The molecule has 0 spiro atoms. The Morgan fingerprint density at radius 3 is 2.77 bits per heavy atom. The molecule has 0 aliphatic heterocycles. The molecule has 0 saturated heterocycles. The third-order valence-electron chi connectivity index (χ3n) is 2.11. The molecule has 1 unspecified atom stereocenters. The van der Waals surface area contributed by atoms with Gasteiger partial charge in [0.25, 0.3) is 5.91 Å². The summed E-state index contributed by atoms with van der Waals surface area (Å²) >= 11 is 0. The highest BCUT2D eigenvalue weighted by atomic mass is 16.1. The summed E-state index contributed by atoms with van der Waals surface area (Å²) in [6.45, 7) is 4.00. The van der Waals surface area contributed by atoms with Crippen molar-refractivity contribution in [1.29, 1.82) is 0 Å². The maximum absolute atomic E-state index is 10.8. The van der Waals surface area contributed by atoms with Crippen molar-refractivity contribution in [3.8, 4) is 0 Å². The van der Waals surface area contributed by atoms with Crippen molar-refractivity contribution in [2.75, 3.05) is 5.73 Å². The Morgan fingerprint density at radius 2 is 2.38 bits per heavy atom. The van der Waals surface area contributed by atoms with E-state index in [2.05, 4.69) is 5.10 Å². The molecule has 0 bridgehead atoms. The maximum Gasteiger partial charge on any atom is 0.254 e. The summed E-state index contributed by atoms with van der Waals surface area (Å²) in [5.41, 5.74) is 11.1. The van der Waals surface area contributed by atoms with Crippen LogP contribution in [0.5, 0.6) is 0 Å². The van der Waals surface area contributed by atoms with Gasteiger partial charge in [-0.1, -0.05) is 6.92 Å². The van der Waals surface area contributed by atoms with Gasteiger partial charge in [0.1, 0.15) is 11.4 Å². The van der Waals surface area contributed by atoms with E-state index in [1.54, 1.807) is 4.68 Å². The van der Waals surface area contributed by atoms with Gasteiger partial charge in [0.15, 0.2) is 0 Å². The average molecular weight is 182 g/mol. The van der Waals surface area contributed by atoms with E-state index in [4.69, 9.17) is 11.5 Å². The first-order chi connectivity index (χ1) is 6.07. The summed E-state index contributed by atoms with van der Waals surface area (Å²) in [5, 5.41) is 4.00. The Hall–Kier alpha value is -1.52. The number of carbonyl (C=O) groups excluding carboxylic acids is 1. The molecule has 0 saturated carbocycles. The quantitative estimate of drug-likeness (QED) is 0.715. The fraction of sp³-hybridized carbons (Fsp3) is 0.500. The van der Waals surface area contributed by atoms with E-state index in [0.717, 1.165) is 6.42 Å². The standard InChI is InChI=1S/C8H14N4O/c1-3-5(2)12-7(9)6(4-11-12)8(10)13/h4-5H,3,9H2,1-2H3,(H2,10,13). The van der Waals surface area contributed by atoms with Crippen LogP contribution >= 0.6 is 0 Å². The summed E-state index contributed by atoms with van der Waals surface area (Å²) in [6, 6.07) is 0.188. The Labute approximate surface area is 76.7 Å². The van der Waals surface area contributed by atoms with Crippen molar-refractivity contribution in [3.05, 3.63) is 11.8 Å². The highest BCUT2D eigenvalue weighted by molar-refractivity contribution is 5.96. The molecule has 1 rings (SSSR count). The lowest BCUT2D eigenvalue weighted by Crippen LogP contribution is -2.15. The van der Waals surface area contributed by atoms with Crippen LogP contribution in [0.2, 0.25) is 0 Å². The molecule has 0 aliphatic carbocycles. The molecule has 0 radical (unpaired) electrons. The van der Waals surface area contributed by atoms with E-state index in [1.165, 1.54) is 6.20 Å². The minimum atomic E-state index is -0.535. The van der Waals surface area contributed by atoms with Crippen molar-refractivity contribution in [1.82, 2.24) is 9.78 Å². The number of hydrogen-bond acceptors (Lipinski definition) is 3. The average Bonchev–Trinajstić information content (AvgIpc) is 2.46. The van der Waals surface area contributed by atoms with Crippen molar-refractivity contribution in [2.45, 2.75) is 26.3 Å². The van der Waals surface area contributed by atoms with Gasteiger partial charge in [0.05, 0.1) is 12.2 Å². The van der Waals surface area contributed by atoms with E-state index >= 15 is 0 Å². The molecule has 5 nitrogen and oxygen atoms in total. The Balaban J connectivity index is 3.06. The van der Waals surface area contributed by atoms with E-state index in [1.807, 2.05) is 13.8 Å². The van der Waals surface area contributed by atoms with E-state index in [-0.39, 0.29) is 6.04 Å². The predicted octanol–water partition coefficient (Wildman–Crippen LogP) is 0.535. The summed E-state index contributed by atoms with van der Waals surface area (Å²) in [5.74, 6) is -0.186. The number of rotatable bonds is 3. The zero-order valence-corrected chi connectivity index (χ0v) is 7.82. The first-order valence-corrected chi connectivity index (χ1v) is 4.20. The zero-order chi connectivity index (χ0) is 10.0. The molecule has 5 heteroatoms. The van der Waals surface area contributed by atoms with Gasteiger partial charge >= 0.3 is 0 Å². The van der Waals surface area contributed by atoms with Crippen molar-refractivity contribution in [2.24, 2.45) is 5.73 Å². The van der Waals surface area contributed by atoms with Gasteiger partial charge in [-0.25, -0.2) is 4.68 Å². The molecule has 1 aromatic rings. The van der Waals surface area contributed by atoms with Gasteiger partial charge in [0, 0.05) is 0 Å². The lowest BCUT2D eigenvalue weighted by molar-refractivity contribution is 0.100. The Bertz CT molecular complexity index is 318. The van der Waals surface area contributed by atoms with Gasteiger partial charge in [-0.15, -0.1) is 0 Å². The van der Waals surface area contributed by atoms with Crippen LogP contribution < -0.4 is 11.5 Å². The van der Waals surface area contributed by atoms with Gasteiger partial charge in [0.2, 0.25) is 0 Å². The fourth-order valence-electron chi connectivity index (χ4n) is 1.09. The van der Waals surface area contributed by atoms with Gasteiger partial charge < -0.3 is 11.5 Å². The first kappa shape index (κ1) is 9.57. The zero-order valence-electron chi connectivity index (χ0n) is 7.82. The second-order valence-electron chi connectivity index (χ2n) is 3.01. The molecule has 0 aliphatic rings. The number of nitrogen functional groups attached to an aromatic ring is 1.